The molecule has 2 rings (SSSR count). The number of terminal acetylenes is 1. The van der Waals surface area contributed by atoms with E-state index in [2.05, 4.69) is 16.2 Å². The van der Waals surface area contributed by atoms with Gasteiger partial charge in [-0.2, -0.15) is 0 Å². The highest BCUT2D eigenvalue weighted by molar-refractivity contribution is 6.30. The fourth-order valence-electron chi connectivity index (χ4n) is 1.86. The minimum absolute atomic E-state index is 0.0804. The van der Waals surface area contributed by atoms with E-state index in [1.165, 1.54) is 0 Å². The van der Waals surface area contributed by atoms with Gasteiger partial charge in [0.1, 0.15) is 5.15 Å². The number of fused-ring (bicyclic) bond motifs is 1. The zero-order valence-corrected chi connectivity index (χ0v) is 11.2. The Morgan fingerprint density at radius 3 is 3.00 bits per heavy atom. The van der Waals surface area contributed by atoms with Crippen molar-refractivity contribution < 1.29 is 4.79 Å². The Balaban J connectivity index is 2.39. The zero-order valence-electron chi connectivity index (χ0n) is 10.5. The second-order valence-corrected chi connectivity index (χ2v) is 4.68. The van der Waals surface area contributed by atoms with Gasteiger partial charge in [-0.3, -0.25) is 4.79 Å². The van der Waals surface area contributed by atoms with E-state index in [-0.39, 0.29) is 11.9 Å². The molecule has 0 bridgehead atoms. The van der Waals surface area contributed by atoms with Crippen LogP contribution in [0.5, 0.6) is 0 Å². The normalized spacial score (nSPS) is 11.8. The van der Waals surface area contributed by atoms with Crippen molar-refractivity contribution in [1.29, 1.82) is 0 Å². The van der Waals surface area contributed by atoms with E-state index in [1.54, 1.807) is 6.07 Å². The summed E-state index contributed by atoms with van der Waals surface area (Å²) in [6.07, 6.45) is 5.71. The van der Waals surface area contributed by atoms with Crippen molar-refractivity contribution in [3.63, 3.8) is 0 Å². The molecular weight excluding hydrogens is 260 g/mol. The number of para-hydroxylation sites is 1. The molecule has 0 aliphatic rings. The molecule has 1 unspecified atom stereocenters. The molecule has 1 N–H and O–H groups in total. The average Bonchev–Trinajstić information content (AvgIpc) is 2.37. The molecule has 0 saturated carbocycles. The van der Waals surface area contributed by atoms with Gasteiger partial charge < -0.3 is 5.32 Å². The third kappa shape index (κ3) is 3.04. The molecule has 1 aromatic carbocycles. The summed E-state index contributed by atoms with van der Waals surface area (Å²) in [5.74, 6) is 2.33. The summed E-state index contributed by atoms with van der Waals surface area (Å²) >= 11 is 5.94. The monoisotopic (exact) mass is 272 g/mol. The van der Waals surface area contributed by atoms with E-state index in [0.717, 1.165) is 5.39 Å². The highest BCUT2D eigenvalue weighted by Crippen LogP contribution is 2.20. The lowest BCUT2D eigenvalue weighted by Crippen LogP contribution is -2.32. The molecule has 1 heterocycles. The predicted octanol–water partition coefficient (Wildman–Crippen LogP) is 3.03. The SMILES string of the molecule is C#CCC(C)NC(=O)c1cc(Cl)nc2ccccc12. The maximum Gasteiger partial charge on any atom is 0.252 e. The van der Waals surface area contributed by atoms with E-state index in [1.807, 2.05) is 31.2 Å². The van der Waals surface area contributed by atoms with Crippen molar-refractivity contribution in [2.45, 2.75) is 19.4 Å². The van der Waals surface area contributed by atoms with Gasteiger partial charge in [-0.1, -0.05) is 29.8 Å². The lowest BCUT2D eigenvalue weighted by Gasteiger charge is -2.12. The van der Waals surface area contributed by atoms with Crippen LogP contribution in [0.2, 0.25) is 5.15 Å². The maximum atomic E-state index is 12.2. The van der Waals surface area contributed by atoms with E-state index in [0.29, 0.717) is 22.7 Å². The van der Waals surface area contributed by atoms with Crippen LogP contribution in [0.15, 0.2) is 30.3 Å². The second kappa shape index (κ2) is 5.73. The van der Waals surface area contributed by atoms with E-state index < -0.39 is 0 Å². The number of aromatic nitrogens is 1. The summed E-state index contributed by atoms with van der Waals surface area (Å²) in [5, 5.41) is 3.92. The van der Waals surface area contributed by atoms with Crippen LogP contribution in [0.4, 0.5) is 0 Å². The summed E-state index contributed by atoms with van der Waals surface area (Å²) in [6, 6.07) is 8.88. The third-order valence-electron chi connectivity index (χ3n) is 2.73. The van der Waals surface area contributed by atoms with Gasteiger partial charge in [0.2, 0.25) is 0 Å². The van der Waals surface area contributed by atoms with Crippen molar-refractivity contribution >= 4 is 28.4 Å². The number of benzene rings is 1. The van der Waals surface area contributed by atoms with Crippen LogP contribution in [-0.2, 0) is 0 Å². The molecule has 4 heteroatoms. The molecule has 19 heavy (non-hydrogen) atoms. The lowest BCUT2D eigenvalue weighted by atomic mass is 10.1. The van der Waals surface area contributed by atoms with Gasteiger partial charge >= 0.3 is 0 Å². The van der Waals surface area contributed by atoms with Crippen LogP contribution in [-0.4, -0.2) is 16.9 Å². The fourth-order valence-corrected chi connectivity index (χ4v) is 2.06. The number of pyridine rings is 1. The Hall–Kier alpha value is -2.05. The van der Waals surface area contributed by atoms with E-state index in [4.69, 9.17) is 18.0 Å². The molecule has 0 aliphatic heterocycles. The van der Waals surface area contributed by atoms with Gasteiger partial charge in [-0.05, 0) is 19.1 Å². The first-order valence-corrected chi connectivity index (χ1v) is 6.29. The number of nitrogens with one attached hydrogen (secondary N) is 1. The smallest absolute Gasteiger partial charge is 0.252 e. The van der Waals surface area contributed by atoms with Gasteiger partial charge in [-0.25, -0.2) is 4.98 Å². The number of halogens is 1. The highest BCUT2D eigenvalue weighted by atomic mass is 35.5. The summed E-state index contributed by atoms with van der Waals surface area (Å²) in [4.78, 5) is 16.4. The number of amides is 1. The minimum Gasteiger partial charge on any atom is -0.349 e. The number of nitrogens with zero attached hydrogens (tertiary/aromatic N) is 1. The van der Waals surface area contributed by atoms with Crippen molar-refractivity contribution in [2.24, 2.45) is 0 Å². The van der Waals surface area contributed by atoms with Crippen LogP contribution >= 0.6 is 11.6 Å². The molecule has 0 saturated heterocycles. The zero-order chi connectivity index (χ0) is 13.8. The third-order valence-corrected chi connectivity index (χ3v) is 2.92. The molecule has 0 radical (unpaired) electrons. The van der Waals surface area contributed by atoms with Crippen molar-refractivity contribution in [2.75, 3.05) is 0 Å². The Morgan fingerprint density at radius 1 is 1.53 bits per heavy atom. The first-order valence-electron chi connectivity index (χ1n) is 5.91. The number of carbonyl (C=O) groups excluding carboxylic acids is 1. The molecule has 0 spiro atoms. The van der Waals surface area contributed by atoms with Gasteiger partial charge in [0.25, 0.3) is 5.91 Å². The predicted molar refractivity (Wildman–Crippen MR) is 77.1 cm³/mol. The summed E-state index contributed by atoms with van der Waals surface area (Å²) < 4.78 is 0. The molecule has 1 aromatic heterocycles. The van der Waals surface area contributed by atoms with Crippen molar-refractivity contribution in [1.82, 2.24) is 10.3 Å². The molecule has 0 aliphatic carbocycles. The molecule has 1 amide bonds. The van der Waals surface area contributed by atoms with Crippen LogP contribution in [0.25, 0.3) is 10.9 Å². The number of hydrogen-bond donors (Lipinski definition) is 1. The minimum atomic E-state index is -0.191. The first-order chi connectivity index (χ1) is 9.11. The van der Waals surface area contributed by atoms with E-state index in [9.17, 15) is 4.79 Å². The molecule has 1 atom stereocenters. The van der Waals surface area contributed by atoms with Gasteiger partial charge in [0, 0.05) is 17.8 Å². The summed E-state index contributed by atoms with van der Waals surface area (Å²) in [5.41, 5.74) is 1.21. The van der Waals surface area contributed by atoms with Crippen LogP contribution in [0, 0.1) is 12.3 Å². The Labute approximate surface area is 117 Å². The largest absolute Gasteiger partial charge is 0.349 e. The Bertz CT molecular complexity index is 661. The Morgan fingerprint density at radius 2 is 2.26 bits per heavy atom. The van der Waals surface area contributed by atoms with Crippen molar-refractivity contribution in [3.8, 4) is 12.3 Å². The highest BCUT2D eigenvalue weighted by Gasteiger charge is 2.14. The molecule has 96 valence electrons. The van der Waals surface area contributed by atoms with Crippen LogP contribution < -0.4 is 5.32 Å². The second-order valence-electron chi connectivity index (χ2n) is 4.29. The van der Waals surface area contributed by atoms with Crippen molar-refractivity contribution in [3.05, 3.63) is 41.0 Å². The Kier molecular flexibility index (Phi) is 4.03. The lowest BCUT2D eigenvalue weighted by molar-refractivity contribution is 0.0942. The quantitative estimate of drug-likeness (QED) is 0.689. The number of hydrogen-bond acceptors (Lipinski definition) is 2. The molecular formula is C15H13ClN2O. The van der Waals surface area contributed by atoms with Crippen LogP contribution in [0.3, 0.4) is 0 Å². The van der Waals surface area contributed by atoms with Gasteiger partial charge in [0.15, 0.2) is 0 Å². The topological polar surface area (TPSA) is 42.0 Å². The molecule has 0 fully saturated rings. The van der Waals surface area contributed by atoms with Crippen LogP contribution in [0.1, 0.15) is 23.7 Å². The maximum absolute atomic E-state index is 12.2. The summed E-state index contributed by atoms with van der Waals surface area (Å²) in [7, 11) is 0. The summed E-state index contributed by atoms with van der Waals surface area (Å²) in [6.45, 7) is 1.86. The van der Waals surface area contributed by atoms with E-state index >= 15 is 0 Å². The molecule has 3 nitrogen and oxygen atoms in total. The number of rotatable bonds is 3. The average molecular weight is 273 g/mol. The number of carbonyl (C=O) groups is 1. The standard InChI is InChI=1S/C15H13ClN2O/c1-3-6-10(2)17-15(19)12-9-14(16)18-13-8-5-4-7-11(12)13/h1,4-5,7-10H,6H2,2H3,(H,17,19). The fraction of sp³-hybridized carbons (Fsp3) is 0.200. The molecule has 2 aromatic rings. The van der Waals surface area contributed by atoms with Gasteiger partial charge in [0.05, 0.1) is 11.1 Å². The van der Waals surface area contributed by atoms with Gasteiger partial charge in [-0.15, -0.1) is 12.3 Å². The first kappa shape index (κ1) is 13.4.